The Bertz CT molecular complexity index is 237. The second-order valence-corrected chi connectivity index (χ2v) is 3.84. The van der Waals surface area contributed by atoms with E-state index in [1.807, 2.05) is 0 Å². The van der Waals surface area contributed by atoms with Gasteiger partial charge in [-0.25, -0.2) is 0 Å². The van der Waals surface area contributed by atoms with Crippen molar-refractivity contribution in [1.29, 1.82) is 0 Å². The molecular weight excluding hydrogens is 196 g/mol. The van der Waals surface area contributed by atoms with Crippen LogP contribution >= 0.6 is 0 Å². The van der Waals surface area contributed by atoms with Crippen molar-refractivity contribution >= 4 is 11.9 Å². The van der Waals surface area contributed by atoms with Gasteiger partial charge in [0.15, 0.2) is 0 Å². The average Bonchev–Trinajstić information content (AvgIpc) is 2.70. The first-order valence-corrected chi connectivity index (χ1v) is 5.24. The fraction of sp³-hybridized carbons (Fsp3) is 0.800. The van der Waals surface area contributed by atoms with Gasteiger partial charge >= 0.3 is 5.97 Å². The zero-order chi connectivity index (χ0) is 11.3. The molecule has 5 nitrogen and oxygen atoms in total. The standard InChI is InChI=1S/C10H18N2O3/c1-7(6-9(13)15-2)12-10(14)8-4-3-5-11-8/h7-8,11H,3-6H2,1-2H3,(H,12,14)/t7?,8-/m0/s1. The maximum absolute atomic E-state index is 11.6. The highest BCUT2D eigenvalue weighted by molar-refractivity contribution is 5.82. The van der Waals surface area contributed by atoms with E-state index in [2.05, 4.69) is 15.4 Å². The Hall–Kier alpha value is -1.10. The highest BCUT2D eigenvalue weighted by atomic mass is 16.5. The van der Waals surface area contributed by atoms with Crippen LogP contribution in [0, 0.1) is 0 Å². The third kappa shape index (κ3) is 3.87. The molecule has 0 aliphatic carbocycles. The summed E-state index contributed by atoms with van der Waals surface area (Å²) in [6.45, 7) is 2.69. The quantitative estimate of drug-likeness (QED) is 0.636. The zero-order valence-electron chi connectivity index (χ0n) is 9.21. The number of nitrogens with one attached hydrogen (secondary N) is 2. The number of hydrogen-bond acceptors (Lipinski definition) is 4. The van der Waals surface area contributed by atoms with Gasteiger partial charge in [0, 0.05) is 6.04 Å². The molecule has 1 heterocycles. The van der Waals surface area contributed by atoms with E-state index in [-0.39, 0.29) is 30.4 Å². The Morgan fingerprint density at radius 3 is 2.87 bits per heavy atom. The van der Waals surface area contributed by atoms with Crippen LogP contribution in [-0.4, -0.2) is 37.6 Å². The molecule has 0 bridgehead atoms. The van der Waals surface area contributed by atoms with Gasteiger partial charge in [0.1, 0.15) is 0 Å². The van der Waals surface area contributed by atoms with Crippen LogP contribution in [0.5, 0.6) is 0 Å². The molecule has 1 unspecified atom stereocenters. The van der Waals surface area contributed by atoms with E-state index in [0.717, 1.165) is 19.4 Å². The van der Waals surface area contributed by atoms with Crippen LogP contribution in [0.15, 0.2) is 0 Å². The lowest BCUT2D eigenvalue weighted by atomic mass is 10.2. The minimum atomic E-state index is -0.304. The van der Waals surface area contributed by atoms with Crippen molar-refractivity contribution in [2.24, 2.45) is 0 Å². The van der Waals surface area contributed by atoms with E-state index in [0.29, 0.717) is 0 Å². The van der Waals surface area contributed by atoms with Gasteiger partial charge in [-0.2, -0.15) is 0 Å². The molecule has 86 valence electrons. The first kappa shape index (κ1) is 12.0. The molecule has 0 radical (unpaired) electrons. The van der Waals surface area contributed by atoms with E-state index in [4.69, 9.17) is 0 Å². The minimum Gasteiger partial charge on any atom is -0.469 e. The van der Waals surface area contributed by atoms with Crippen molar-refractivity contribution in [3.05, 3.63) is 0 Å². The summed E-state index contributed by atoms with van der Waals surface area (Å²) in [4.78, 5) is 22.5. The third-order valence-corrected chi connectivity index (χ3v) is 2.47. The van der Waals surface area contributed by atoms with Crippen LogP contribution in [0.2, 0.25) is 0 Å². The summed E-state index contributed by atoms with van der Waals surface area (Å²) >= 11 is 0. The number of methoxy groups -OCH3 is 1. The number of esters is 1. The fourth-order valence-electron chi connectivity index (χ4n) is 1.64. The Morgan fingerprint density at radius 1 is 1.60 bits per heavy atom. The van der Waals surface area contributed by atoms with Gasteiger partial charge in [0.25, 0.3) is 0 Å². The maximum Gasteiger partial charge on any atom is 0.307 e. The lowest BCUT2D eigenvalue weighted by molar-refractivity contribution is -0.141. The molecule has 1 saturated heterocycles. The normalized spacial score (nSPS) is 22.1. The molecule has 2 N–H and O–H groups in total. The summed E-state index contributed by atoms with van der Waals surface area (Å²) in [7, 11) is 1.34. The monoisotopic (exact) mass is 214 g/mol. The molecule has 0 saturated carbocycles. The molecule has 1 amide bonds. The lowest BCUT2D eigenvalue weighted by Gasteiger charge is -2.16. The number of carbonyl (C=O) groups is 2. The topological polar surface area (TPSA) is 67.4 Å². The second kappa shape index (κ2) is 5.70. The van der Waals surface area contributed by atoms with Crippen LogP contribution in [0.4, 0.5) is 0 Å². The number of ether oxygens (including phenoxy) is 1. The minimum absolute atomic E-state index is 0.0242. The van der Waals surface area contributed by atoms with Gasteiger partial charge < -0.3 is 15.4 Å². The summed E-state index contributed by atoms with van der Waals surface area (Å²) < 4.78 is 4.52. The first-order chi connectivity index (χ1) is 7.13. The molecule has 0 aromatic carbocycles. The van der Waals surface area contributed by atoms with E-state index in [1.54, 1.807) is 6.92 Å². The molecule has 1 aliphatic heterocycles. The van der Waals surface area contributed by atoms with Crippen molar-refractivity contribution in [3.8, 4) is 0 Å². The van der Waals surface area contributed by atoms with Gasteiger partial charge in [0.2, 0.25) is 5.91 Å². The molecular formula is C10H18N2O3. The smallest absolute Gasteiger partial charge is 0.307 e. The molecule has 1 aliphatic rings. The highest BCUT2D eigenvalue weighted by Crippen LogP contribution is 2.05. The molecule has 15 heavy (non-hydrogen) atoms. The largest absolute Gasteiger partial charge is 0.469 e. The van der Waals surface area contributed by atoms with Crippen molar-refractivity contribution < 1.29 is 14.3 Å². The van der Waals surface area contributed by atoms with Crippen LogP contribution in [0.25, 0.3) is 0 Å². The highest BCUT2D eigenvalue weighted by Gasteiger charge is 2.23. The van der Waals surface area contributed by atoms with Crippen LogP contribution in [0.1, 0.15) is 26.2 Å². The van der Waals surface area contributed by atoms with Crippen LogP contribution in [-0.2, 0) is 14.3 Å². The van der Waals surface area contributed by atoms with Crippen LogP contribution < -0.4 is 10.6 Å². The Labute approximate surface area is 89.6 Å². The number of rotatable bonds is 4. The van der Waals surface area contributed by atoms with E-state index >= 15 is 0 Å². The predicted octanol–water partition coefficient (Wildman–Crippen LogP) is -0.194. The molecule has 1 rings (SSSR count). The van der Waals surface area contributed by atoms with E-state index < -0.39 is 0 Å². The maximum atomic E-state index is 11.6. The zero-order valence-corrected chi connectivity index (χ0v) is 9.21. The second-order valence-electron chi connectivity index (χ2n) is 3.84. The summed E-state index contributed by atoms with van der Waals surface area (Å²) in [6, 6.07) is -0.266. The molecule has 2 atom stereocenters. The number of hydrogen-bond donors (Lipinski definition) is 2. The fourth-order valence-corrected chi connectivity index (χ4v) is 1.64. The molecule has 0 aromatic heterocycles. The summed E-state index contributed by atoms with van der Waals surface area (Å²) in [5.41, 5.74) is 0. The molecule has 0 spiro atoms. The predicted molar refractivity (Wildman–Crippen MR) is 55.3 cm³/mol. The number of amides is 1. The SMILES string of the molecule is COC(=O)CC(C)NC(=O)[C@@H]1CCCN1. The first-order valence-electron chi connectivity index (χ1n) is 5.24. The Morgan fingerprint density at radius 2 is 2.33 bits per heavy atom. The lowest BCUT2D eigenvalue weighted by Crippen LogP contribution is -2.44. The van der Waals surface area contributed by atoms with Crippen molar-refractivity contribution in [2.75, 3.05) is 13.7 Å². The summed E-state index contributed by atoms with van der Waals surface area (Å²) in [6.07, 6.45) is 2.12. The number of carbonyl (C=O) groups excluding carboxylic acids is 2. The van der Waals surface area contributed by atoms with E-state index in [1.165, 1.54) is 7.11 Å². The van der Waals surface area contributed by atoms with Gasteiger partial charge in [-0.1, -0.05) is 0 Å². The molecule has 5 heteroatoms. The average molecular weight is 214 g/mol. The molecule has 1 fully saturated rings. The van der Waals surface area contributed by atoms with Gasteiger partial charge in [-0.15, -0.1) is 0 Å². The summed E-state index contributed by atoms with van der Waals surface area (Å²) in [5, 5.41) is 5.89. The van der Waals surface area contributed by atoms with Gasteiger partial charge in [-0.3, -0.25) is 9.59 Å². The van der Waals surface area contributed by atoms with Gasteiger partial charge in [0.05, 0.1) is 19.6 Å². The van der Waals surface area contributed by atoms with E-state index in [9.17, 15) is 9.59 Å². The third-order valence-electron chi connectivity index (χ3n) is 2.47. The van der Waals surface area contributed by atoms with Crippen molar-refractivity contribution in [2.45, 2.75) is 38.3 Å². The molecule has 0 aromatic rings. The van der Waals surface area contributed by atoms with Crippen molar-refractivity contribution in [3.63, 3.8) is 0 Å². The Balaban J connectivity index is 2.27. The van der Waals surface area contributed by atoms with Crippen molar-refractivity contribution in [1.82, 2.24) is 10.6 Å². The summed E-state index contributed by atoms with van der Waals surface area (Å²) in [5.74, 6) is -0.328. The van der Waals surface area contributed by atoms with Crippen LogP contribution in [0.3, 0.4) is 0 Å². The van der Waals surface area contributed by atoms with Gasteiger partial charge in [-0.05, 0) is 26.3 Å². The Kier molecular flexibility index (Phi) is 4.55.